The second kappa shape index (κ2) is 3.35. The van der Waals surface area contributed by atoms with Gasteiger partial charge in [-0.25, -0.2) is 0 Å². The average molecular weight is 134 g/mol. The monoisotopic (exact) mass is 134 g/mol. The fourth-order valence-electron chi connectivity index (χ4n) is 0.816. The van der Waals surface area contributed by atoms with Gasteiger partial charge in [0.2, 0.25) is 0 Å². The Morgan fingerprint density at radius 2 is 2.30 bits per heavy atom. The third kappa shape index (κ3) is 1.56. The smallest absolute Gasteiger partial charge is 0.0401 e. The molecular weight excluding hydrogens is 122 g/mol. The van der Waals surface area contributed by atoms with Gasteiger partial charge in [-0.15, -0.1) is 0 Å². The standard InChI is InChI=1S/C9H12N/c1-3-8-5-6-9(4-2)10-7-8/h3,5-7H,4H2,1-2H3. The van der Waals surface area contributed by atoms with Crippen molar-refractivity contribution in [1.29, 1.82) is 0 Å². The van der Waals surface area contributed by atoms with E-state index in [9.17, 15) is 0 Å². The van der Waals surface area contributed by atoms with Crippen LogP contribution in [0.2, 0.25) is 0 Å². The van der Waals surface area contributed by atoms with Crippen LogP contribution in [-0.2, 0) is 6.42 Å². The Morgan fingerprint density at radius 1 is 1.50 bits per heavy atom. The highest BCUT2D eigenvalue weighted by molar-refractivity contribution is 5.19. The van der Waals surface area contributed by atoms with Gasteiger partial charge >= 0.3 is 0 Å². The first-order chi connectivity index (χ1) is 4.86. The van der Waals surface area contributed by atoms with Gasteiger partial charge < -0.3 is 0 Å². The molecule has 0 amide bonds. The van der Waals surface area contributed by atoms with E-state index in [1.807, 2.05) is 19.5 Å². The molecule has 1 aromatic heterocycles. The first-order valence-corrected chi connectivity index (χ1v) is 3.61. The van der Waals surface area contributed by atoms with Crippen molar-refractivity contribution in [3.8, 4) is 0 Å². The van der Waals surface area contributed by atoms with Crippen molar-refractivity contribution in [2.45, 2.75) is 20.3 Å². The number of hydrogen-bond acceptors (Lipinski definition) is 1. The largest absolute Gasteiger partial charge is 0.261 e. The molecule has 1 aromatic rings. The first kappa shape index (κ1) is 7.26. The summed E-state index contributed by atoms with van der Waals surface area (Å²) in [5.74, 6) is 0. The number of aryl methyl sites for hydroxylation is 1. The molecular formula is C9H12N. The lowest BCUT2D eigenvalue weighted by Gasteiger charge is -1.96. The average Bonchev–Trinajstić information content (AvgIpc) is 2.05. The third-order valence-electron chi connectivity index (χ3n) is 1.54. The fraction of sp³-hybridized carbons (Fsp3) is 0.333. The highest BCUT2D eigenvalue weighted by atomic mass is 14.7. The van der Waals surface area contributed by atoms with Gasteiger partial charge in [-0.3, -0.25) is 4.98 Å². The number of hydrogen-bond donors (Lipinski definition) is 0. The van der Waals surface area contributed by atoms with Crippen LogP contribution in [0.4, 0.5) is 0 Å². The lowest BCUT2D eigenvalue weighted by Crippen LogP contribution is -1.86. The molecule has 0 spiro atoms. The third-order valence-corrected chi connectivity index (χ3v) is 1.54. The van der Waals surface area contributed by atoms with E-state index in [2.05, 4.69) is 24.0 Å². The van der Waals surface area contributed by atoms with Gasteiger partial charge in [0.1, 0.15) is 0 Å². The van der Waals surface area contributed by atoms with E-state index in [4.69, 9.17) is 0 Å². The van der Waals surface area contributed by atoms with Crippen LogP contribution in [0.5, 0.6) is 0 Å². The topological polar surface area (TPSA) is 12.9 Å². The second-order valence-electron chi connectivity index (χ2n) is 2.23. The molecule has 1 heterocycles. The lowest BCUT2D eigenvalue weighted by atomic mass is 10.2. The van der Waals surface area contributed by atoms with Crippen molar-refractivity contribution in [2.75, 3.05) is 0 Å². The van der Waals surface area contributed by atoms with Crippen molar-refractivity contribution in [3.05, 3.63) is 36.0 Å². The Bertz CT molecular complexity index is 165. The molecule has 0 unspecified atom stereocenters. The summed E-state index contributed by atoms with van der Waals surface area (Å²) in [6.07, 6.45) is 4.97. The van der Waals surface area contributed by atoms with Crippen LogP contribution in [0.25, 0.3) is 0 Å². The van der Waals surface area contributed by atoms with Gasteiger partial charge in [-0.1, -0.05) is 19.9 Å². The van der Waals surface area contributed by atoms with Crippen LogP contribution >= 0.6 is 0 Å². The fourth-order valence-corrected chi connectivity index (χ4v) is 0.816. The van der Waals surface area contributed by atoms with Gasteiger partial charge in [-0.2, -0.15) is 0 Å². The van der Waals surface area contributed by atoms with Crippen molar-refractivity contribution >= 4 is 0 Å². The molecule has 1 heteroatoms. The van der Waals surface area contributed by atoms with E-state index in [0.29, 0.717) is 0 Å². The molecule has 0 aromatic carbocycles. The Labute approximate surface area is 62.1 Å². The zero-order valence-corrected chi connectivity index (χ0v) is 6.46. The Hall–Kier alpha value is -0.850. The van der Waals surface area contributed by atoms with Gasteiger partial charge in [0, 0.05) is 11.9 Å². The van der Waals surface area contributed by atoms with Crippen LogP contribution in [0.1, 0.15) is 25.1 Å². The van der Waals surface area contributed by atoms with Gasteiger partial charge in [0.25, 0.3) is 0 Å². The van der Waals surface area contributed by atoms with Crippen LogP contribution < -0.4 is 0 Å². The van der Waals surface area contributed by atoms with Crippen LogP contribution in [-0.4, -0.2) is 4.98 Å². The predicted molar refractivity (Wildman–Crippen MR) is 42.7 cm³/mol. The predicted octanol–water partition coefficient (Wildman–Crippen LogP) is 2.22. The van der Waals surface area contributed by atoms with Crippen molar-refractivity contribution in [1.82, 2.24) is 4.98 Å². The molecule has 1 radical (unpaired) electrons. The van der Waals surface area contributed by atoms with Crippen LogP contribution in [0, 0.1) is 6.42 Å². The number of aromatic nitrogens is 1. The second-order valence-corrected chi connectivity index (χ2v) is 2.23. The van der Waals surface area contributed by atoms with E-state index in [1.54, 1.807) is 0 Å². The zero-order chi connectivity index (χ0) is 7.40. The Balaban J connectivity index is 2.80. The number of pyridine rings is 1. The molecule has 0 saturated carbocycles. The normalized spacial score (nSPS) is 9.80. The van der Waals surface area contributed by atoms with Crippen molar-refractivity contribution in [2.24, 2.45) is 0 Å². The summed E-state index contributed by atoms with van der Waals surface area (Å²) < 4.78 is 0. The quantitative estimate of drug-likeness (QED) is 0.604. The maximum Gasteiger partial charge on any atom is 0.0401 e. The molecule has 0 aliphatic heterocycles. The minimum Gasteiger partial charge on any atom is -0.261 e. The molecule has 0 saturated heterocycles. The Morgan fingerprint density at radius 3 is 2.70 bits per heavy atom. The van der Waals surface area contributed by atoms with Crippen molar-refractivity contribution in [3.63, 3.8) is 0 Å². The van der Waals surface area contributed by atoms with Crippen LogP contribution in [0.15, 0.2) is 18.3 Å². The first-order valence-electron chi connectivity index (χ1n) is 3.61. The summed E-state index contributed by atoms with van der Waals surface area (Å²) in [5, 5.41) is 0. The van der Waals surface area contributed by atoms with E-state index in [0.717, 1.165) is 12.1 Å². The van der Waals surface area contributed by atoms with E-state index in [1.165, 1.54) is 5.56 Å². The molecule has 10 heavy (non-hydrogen) atoms. The highest BCUT2D eigenvalue weighted by Crippen LogP contribution is 2.01. The summed E-state index contributed by atoms with van der Waals surface area (Å²) in [5.41, 5.74) is 2.35. The maximum absolute atomic E-state index is 4.24. The molecule has 53 valence electrons. The SMILES string of the molecule is C[CH]c1ccc(CC)nc1. The number of nitrogens with zero attached hydrogens (tertiary/aromatic N) is 1. The van der Waals surface area contributed by atoms with Gasteiger partial charge in [0.15, 0.2) is 0 Å². The summed E-state index contributed by atoms with van der Waals surface area (Å²) in [4.78, 5) is 4.24. The molecule has 1 rings (SSSR count). The molecule has 0 N–H and O–H groups in total. The summed E-state index contributed by atoms with van der Waals surface area (Å²) in [7, 11) is 0. The molecule has 1 nitrogen and oxygen atoms in total. The molecule has 0 aliphatic rings. The van der Waals surface area contributed by atoms with E-state index < -0.39 is 0 Å². The van der Waals surface area contributed by atoms with Crippen molar-refractivity contribution < 1.29 is 0 Å². The molecule has 0 bridgehead atoms. The molecule has 0 atom stereocenters. The highest BCUT2D eigenvalue weighted by Gasteiger charge is 1.89. The van der Waals surface area contributed by atoms with E-state index >= 15 is 0 Å². The minimum absolute atomic E-state index is 1.02. The van der Waals surface area contributed by atoms with Gasteiger partial charge in [0.05, 0.1) is 0 Å². The Kier molecular flexibility index (Phi) is 2.43. The van der Waals surface area contributed by atoms with Crippen LogP contribution in [0.3, 0.4) is 0 Å². The molecule has 0 fully saturated rings. The molecule has 0 aliphatic carbocycles. The minimum atomic E-state index is 1.02. The summed E-state index contributed by atoms with van der Waals surface area (Å²) in [6, 6.07) is 4.15. The lowest BCUT2D eigenvalue weighted by molar-refractivity contribution is 1.03. The van der Waals surface area contributed by atoms with Gasteiger partial charge in [-0.05, 0) is 24.5 Å². The summed E-state index contributed by atoms with van der Waals surface area (Å²) in [6.45, 7) is 4.13. The van der Waals surface area contributed by atoms with E-state index in [-0.39, 0.29) is 0 Å². The number of rotatable bonds is 2. The maximum atomic E-state index is 4.24. The zero-order valence-electron chi connectivity index (χ0n) is 6.46. The summed E-state index contributed by atoms with van der Waals surface area (Å²) >= 11 is 0.